The van der Waals surface area contributed by atoms with Gasteiger partial charge in [-0.05, 0) is 35.4 Å². The molecule has 0 atom stereocenters. The minimum absolute atomic E-state index is 0.150. The van der Waals surface area contributed by atoms with Crippen LogP contribution >= 0.6 is 34.8 Å². The molecule has 0 saturated heterocycles. The minimum Gasteiger partial charge on any atom is -0.481 e. The molecular weight excluding hydrogens is 345 g/mol. The van der Waals surface area contributed by atoms with E-state index in [0.717, 1.165) is 5.56 Å². The molecule has 22 heavy (non-hydrogen) atoms. The summed E-state index contributed by atoms with van der Waals surface area (Å²) in [5.41, 5.74) is 2.80. The van der Waals surface area contributed by atoms with Gasteiger partial charge in [0.1, 0.15) is 0 Å². The van der Waals surface area contributed by atoms with E-state index in [-0.39, 0.29) is 6.42 Å². The summed E-state index contributed by atoms with van der Waals surface area (Å²) in [6.45, 7) is 0. The summed E-state index contributed by atoms with van der Waals surface area (Å²) in [5, 5.41) is 11.4. The molecule has 0 spiro atoms. The molecule has 112 valence electrons. The van der Waals surface area contributed by atoms with E-state index in [2.05, 4.69) is 4.98 Å². The van der Waals surface area contributed by atoms with Crippen LogP contribution in [0.1, 0.15) is 5.56 Å². The first-order valence-corrected chi connectivity index (χ1v) is 7.56. The fraction of sp³-hybridized carbons (Fsp3) is 0.0625. The van der Waals surface area contributed by atoms with Crippen LogP contribution < -0.4 is 0 Å². The molecule has 2 aromatic carbocycles. The molecule has 3 nitrogen and oxygen atoms in total. The fourth-order valence-corrected chi connectivity index (χ4v) is 3.33. The monoisotopic (exact) mass is 353 g/mol. The molecule has 1 aromatic heterocycles. The van der Waals surface area contributed by atoms with Gasteiger partial charge in [0, 0.05) is 20.9 Å². The van der Waals surface area contributed by atoms with E-state index < -0.39 is 5.97 Å². The fourth-order valence-electron chi connectivity index (χ4n) is 2.53. The van der Waals surface area contributed by atoms with Crippen LogP contribution in [0, 0.1) is 0 Å². The van der Waals surface area contributed by atoms with Crippen LogP contribution in [-0.4, -0.2) is 16.1 Å². The number of aromatic amines is 1. The summed E-state index contributed by atoms with van der Waals surface area (Å²) >= 11 is 18.3. The molecular formula is C16H10Cl3NO2. The van der Waals surface area contributed by atoms with Crippen molar-refractivity contribution in [1.29, 1.82) is 0 Å². The van der Waals surface area contributed by atoms with Crippen molar-refractivity contribution in [1.82, 2.24) is 4.98 Å². The molecule has 3 rings (SSSR count). The zero-order valence-corrected chi connectivity index (χ0v) is 13.4. The van der Waals surface area contributed by atoms with Gasteiger partial charge in [-0.3, -0.25) is 4.79 Å². The molecule has 0 aliphatic rings. The van der Waals surface area contributed by atoms with Crippen LogP contribution in [0.15, 0.2) is 36.4 Å². The number of carboxylic acid groups (broad SMARTS) is 1. The van der Waals surface area contributed by atoms with Crippen LogP contribution in [0.5, 0.6) is 0 Å². The van der Waals surface area contributed by atoms with Crippen molar-refractivity contribution >= 4 is 51.7 Å². The maximum atomic E-state index is 11.2. The summed E-state index contributed by atoms with van der Waals surface area (Å²) in [7, 11) is 0. The lowest BCUT2D eigenvalue weighted by atomic mass is 10.0. The third-order valence-corrected chi connectivity index (χ3v) is 4.11. The molecule has 1 heterocycles. The van der Waals surface area contributed by atoms with Crippen LogP contribution in [0.3, 0.4) is 0 Å². The second-order valence-electron chi connectivity index (χ2n) is 4.87. The highest BCUT2D eigenvalue weighted by atomic mass is 35.5. The first-order chi connectivity index (χ1) is 10.5. The molecule has 0 aliphatic heterocycles. The highest BCUT2D eigenvalue weighted by Crippen LogP contribution is 2.37. The van der Waals surface area contributed by atoms with E-state index in [9.17, 15) is 9.90 Å². The van der Waals surface area contributed by atoms with Crippen LogP contribution in [0.25, 0.3) is 22.2 Å². The Labute approximate surface area is 141 Å². The second kappa shape index (κ2) is 5.84. The van der Waals surface area contributed by atoms with Crippen molar-refractivity contribution in [2.24, 2.45) is 0 Å². The number of benzene rings is 2. The number of hydrogen-bond donors (Lipinski definition) is 2. The van der Waals surface area contributed by atoms with E-state index in [1.54, 1.807) is 24.3 Å². The Morgan fingerprint density at radius 2 is 1.86 bits per heavy atom. The Morgan fingerprint density at radius 3 is 2.55 bits per heavy atom. The van der Waals surface area contributed by atoms with E-state index in [1.807, 2.05) is 12.1 Å². The Balaban J connectivity index is 2.33. The van der Waals surface area contributed by atoms with Gasteiger partial charge in [-0.2, -0.15) is 0 Å². The lowest BCUT2D eigenvalue weighted by Gasteiger charge is -2.04. The molecule has 0 amide bonds. The maximum Gasteiger partial charge on any atom is 0.307 e. The standard InChI is InChI=1S/C16H10Cl3NO2/c17-9-3-1-2-8(4-9)16-11(7-14(21)22)15-12(19)5-10(18)6-13(15)20-16/h1-6,20H,7H2,(H,21,22). The van der Waals surface area contributed by atoms with Crippen molar-refractivity contribution in [2.45, 2.75) is 6.42 Å². The van der Waals surface area contributed by atoms with Crippen molar-refractivity contribution < 1.29 is 9.90 Å². The molecule has 0 fully saturated rings. The van der Waals surface area contributed by atoms with Crippen molar-refractivity contribution in [3.63, 3.8) is 0 Å². The van der Waals surface area contributed by atoms with Gasteiger partial charge in [0.25, 0.3) is 0 Å². The summed E-state index contributed by atoms with van der Waals surface area (Å²) < 4.78 is 0. The summed E-state index contributed by atoms with van der Waals surface area (Å²) in [5.74, 6) is -0.935. The largest absolute Gasteiger partial charge is 0.481 e. The van der Waals surface area contributed by atoms with Crippen LogP contribution in [0.4, 0.5) is 0 Å². The lowest BCUT2D eigenvalue weighted by molar-refractivity contribution is -0.136. The number of H-pyrrole nitrogens is 1. The van der Waals surface area contributed by atoms with Crippen LogP contribution in [0.2, 0.25) is 15.1 Å². The minimum atomic E-state index is -0.935. The zero-order chi connectivity index (χ0) is 15.9. The first-order valence-electron chi connectivity index (χ1n) is 6.43. The molecule has 0 unspecified atom stereocenters. The zero-order valence-electron chi connectivity index (χ0n) is 11.2. The molecule has 3 aromatic rings. The van der Waals surface area contributed by atoms with Crippen LogP contribution in [-0.2, 0) is 11.2 Å². The molecule has 6 heteroatoms. The van der Waals surface area contributed by atoms with Gasteiger partial charge in [-0.15, -0.1) is 0 Å². The number of aliphatic carboxylic acids is 1. The Bertz CT molecular complexity index is 886. The van der Waals surface area contributed by atoms with Gasteiger partial charge in [0.2, 0.25) is 0 Å². The normalized spacial score (nSPS) is 11.0. The lowest BCUT2D eigenvalue weighted by Crippen LogP contribution is -2.01. The van der Waals surface area contributed by atoms with Crippen molar-refractivity contribution in [2.75, 3.05) is 0 Å². The second-order valence-corrected chi connectivity index (χ2v) is 6.15. The SMILES string of the molecule is O=C(O)Cc1c(-c2cccc(Cl)c2)[nH]c2cc(Cl)cc(Cl)c12. The number of carboxylic acids is 1. The quantitative estimate of drug-likeness (QED) is 0.659. The highest BCUT2D eigenvalue weighted by molar-refractivity contribution is 6.39. The Kier molecular flexibility index (Phi) is 4.04. The van der Waals surface area contributed by atoms with Gasteiger partial charge >= 0.3 is 5.97 Å². The van der Waals surface area contributed by atoms with E-state index in [4.69, 9.17) is 34.8 Å². The number of hydrogen-bond acceptors (Lipinski definition) is 1. The van der Waals surface area contributed by atoms with E-state index >= 15 is 0 Å². The van der Waals surface area contributed by atoms with Gasteiger partial charge in [0.15, 0.2) is 0 Å². The number of aromatic nitrogens is 1. The van der Waals surface area contributed by atoms with E-state index in [1.165, 1.54) is 0 Å². The first kappa shape index (κ1) is 15.2. The van der Waals surface area contributed by atoms with Gasteiger partial charge in [-0.1, -0.05) is 46.9 Å². The number of fused-ring (bicyclic) bond motifs is 1. The van der Waals surface area contributed by atoms with E-state index in [0.29, 0.717) is 37.2 Å². The number of halogens is 3. The van der Waals surface area contributed by atoms with Crippen molar-refractivity contribution in [3.05, 3.63) is 57.0 Å². The third-order valence-electron chi connectivity index (χ3n) is 3.36. The maximum absolute atomic E-state index is 11.2. The number of nitrogens with one attached hydrogen (secondary N) is 1. The highest BCUT2D eigenvalue weighted by Gasteiger charge is 2.18. The van der Waals surface area contributed by atoms with Gasteiger partial charge < -0.3 is 10.1 Å². The third kappa shape index (κ3) is 2.80. The molecule has 2 N–H and O–H groups in total. The van der Waals surface area contributed by atoms with Gasteiger partial charge in [-0.25, -0.2) is 0 Å². The average Bonchev–Trinajstić information content (AvgIpc) is 2.76. The Morgan fingerprint density at radius 1 is 1.09 bits per heavy atom. The molecule has 0 aliphatic carbocycles. The topological polar surface area (TPSA) is 53.1 Å². The van der Waals surface area contributed by atoms with Gasteiger partial charge in [0.05, 0.1) is 17.1 Å². The predicted molar refractivity (Wildman–Crippen MR) is 90.1 cm³/mol. The van der Waals surface area contributed by atoms with Crippen molar-refractivity contribution in [3.8, 4) is 11.3 Å². The average molecular weight is 355 g/mol. The molecule has 0 radical (unpaired) electrons. The molecule has 0 bridgehead atoms. The summed E-state index contributed by atoms with van der Waals surface area (Å²) in [6.07, 6.45) is -0.150. The smallest absolute Gasteiger partial charge is 0.307 e. The number of carbonyl (C=O) groups is 1. The number of rotatable bonds is 3. The predicted octanol–water partition coefficient (Wildman–Crippen LogP) is 5.42. The summed E-state index contributed by atoms with van der Waals surface area (Å²) in [4.78, 5) is 14.4. The molecule has 0 saturated carbocycles. The Hall–Kier alpha value is -1.68. The summed E-state index contributed by atoms with van der Waals surface area (Å²) in [6, 6.07) is 10.5.